The fraction of sp³-hybridized carbons (Fsp3) is 0.955. The zero-order valence-electron chi connectivity index (χ0n) is 71.0. The molecule has 108 heavy (non-hydrogen) atoms. The highest BCUT2D eigenvalue weighted by molar-refractivity contribution is 7.47. The molecular formula is C89H174O17P2. The number of hydrogen-bond acceptors (Lipinski definition) is 15. The summed E-state index contributed by atoms with van der Waals surface area (Å²) in [4.78, 5) is 73.4. The Kier molecular flexibility index (Phi) is 80.2. The minimum absolute atomic E-state index is 0.109. The molecule has 0 aromatic heterocycles. The smallest absolute Gasteiger partial charge is 0.462 e. The Labute approximate surface area is 664 Å². The number of phosphoric ester groups is 2. The zero-order chi connectivity index (χ0) is 79.0. The third-order valence-electron chi connectivity index (χ3n) is 21.0. The molecule has 2 unspecified atom stereocenters. The number of aliphatic hydroxyl groups is 1. The minimum Gasteiger partial charge on any atom is -0.462 e. The van der Waals surface area contributed by atoms with Crippen molar-refractivity contribution in [3.8, 4) is 0 Å². The molecule has 19 heteroatoms. The van der Waals surface area contributed by atoms with Gasteiger partial charge >= 0.3 is 39.5 Å². The van der Waals surface area contributed by atoms with Crippen LogP contribution in [0.25, 0.3) is 0 Å². The Bertz CT molecular complexity index is 2050. The fourth-order valence-electron chi connectivity index (χ4n) is 14.0. The largest absolute Gasteiger partial charge is 0.472 e. The van der Waals surface area contributed by atoms with Crippen LogP contribution >= 0.6 is 15.6 Å². The molecule has 0 aliphatic heterocycles. The number of aliphatic hydroxyl groups excluding tert-OH is 1. The van der Waals surface area contributed by atoms with Gasteiger partial charge in [0, 0.05) is 25.7 Å². The van der Waals surface area contributed by atoms with Crippen molar-refractivity contribution >= 4 is 39.5 Å². The van der Waals surface area contributed by atoms with Crippen molar-refractivity contribution in [2.24, 2.45) is 5.92 Å². The van der Waals surface area contributed by atoms with E-state index in [9.17, 15) is 43.2 Å². The highest BCUT2D eigenvalue weighted by atomic mass is 31.2. The van der Waals surface area contributed by atoms with E-state index in [0.717, 1.165) is 95.8 Å². The van der Waals surface area contributed by atoms with Gasteiger partial charge in [0.05, 0.1) is 26.4 Å². The Balaban J connectivity index is 5.25. The number of ether oxygens (including phenoxy) is 4. The average Bonchev–Trinajstić information content (AvgIpc) is 0.893. The standard InChI is InChI=1S/C89H174O17P2/c1-6-9-12-15-18-21-24-27-29-31-32-33-34-35-39-45-50-55-60-65-70-75-89(94)106-85(79-100-87(92)73-68-63-58-53-48-43-40-36-37-42-46-51-56-61-66-71-82(4)5)81-104-108(97,98)102-77-83(90)76-101-107(95,96)103-80-84(78-99-86(91)72-67-62-57-52-47-41-26-23-20-17-14-11-8-3)105-88(93)74-69-64-59-54-49-44-38-30-28-25-22-19-16-13-10-7-2/h82-85,90H,6-81H2,1-5H3,(H,95,96)(H,97,98)/t83-,84+,85+/m0/s1. The van der Waals surface area contributed by atoms with Crippen LogP contribution in [0.5, 0.6) is 0 Å². The van der Waals surface area contributed by atoms with Gasteiger partial charge in [-0.25, -0.2) is 9.13 Å². The number of rotatable bonds is 89. The first-order valence-electron chi connectivity index (χ1n) is 46.1. The zero-order valence-corrected chi connectivity index (χ0v) is 72.8. The van der Waals surface area contributed by atoms with E-state index in [4.69, 9.17) is 37.0 Å². The molecule has 3 N–H and O–H groups in total. The molecule has 0 saturated carbocycles. The molecule has 0 aromatic carbocycles. The molecule has 0 radical (unpaired) electrons. The van der Waals surface area contributed by atoms with Crippen LogP contribution in [0.2, 0.25) is 0 Å². The van der Waals surface area contributed by atoms with Gasteiger partial charge in [0.1, 0.15) is 19.3 Å². The van der Waals surface area contributed by atoms with Crippen LogP contribution < -0.4 is 0 Å². The number of carbonyl (C=O) groups excluding carboxylic acids is 4. The molecule has 17 nitrogen and oxygen atoms in total. The topological polar surface area (TPSA) is 237 Å². The summed E-state index contributed by atoms with van der Waals surface area (Å²) in [5, 5.41) is 10.7. The minimum atomic E-state index is -4.97. The first kappa shape index (κ1) is 106. The van der Waals surface area contributed by atoms with Gasteiger partial charge in [-0.1, -0.05) is 433 Å². The second-order valence-electron chi connectivity index (χ2n) is 32.5. The van der Waals surface area contributed by atoms with E-state index < -0.39 is 97.5 Å². The van der Waals surface area contributed by atoms with E-state index in [1.165, 1.54) is 308 Å². The average molecular weight is 1580 g/mol. The van der Waals surface area contributed by atoms with E-state index in [-0.39, 0.29) is 25.7 Å². The third kappa shape index (κ3) is 82.1. The molecule has 0 rings (SSSR count). The third-order valence-corrected chi connectivity index (χ3v) is 22.9. The lowest BCUT2D eigenvalue weighted by Gasteiger charge is -2.21. The molecular weight excluding hydrogens is 1400 g/mol. The molecule has 0 amide bonds. The summed E-state index contributed by atoms with van der Waals surface area (Å²) in [6.45, 7) is 7.42. The fourth-order valence-corrected chi connectivity index (χ4v) is 15.6. The normalized spacial score (nSPS) is 13.7. The second-order valence-corrected chi connectivity index (χ2v) is 35.4. The maximum atomic E-state index is 13.2. The number of carbonyl (C=O) groups is 4. The molecule has 0 aliphatic carbocycles. The van der Waals surface area contributed by atoms with Crippen LogP contribution in [0.3, 0.4) is 0 Å². The van der Waals surface area contributed by atoms with Gasteiger partial charge < -0.3 is 33.8 Å². The van der Waals surface area contributed by atoms with Gasteiger partial charge in [-0.2, -0.15) is 0 Å². The van der Waals surface area contributed by atoms with E-state index >= 15 is 0 Å². The number of phosphoric acid groups is 2. The monoisotopic (exact) mass is 1580 g/mol. The molecule has 0 saturated heterocycles. The maximum absolute atomic E-state index is 13.2. The van der Waals surface area contributed by atoms with Crippen LogP contribution in [-0.2, 0) is 65.4 Å². The van der Waals surface area contributed by atoms with Gasteiger partial charge in [-0.15, -0.1) is 0 Å². The van der Waals surface area contributed by atoms with Gasteiger partial charge in [0.25, 0.3) is 0 Å². The van der Waals surface area contributed by atoms with Crippen LogP contribution in [0.15, 0.2) is 0 Å². The molecule has 0 aromatic rings. The summed E-state index contributed by atoms with van der Waals surface area (Å²) in [7, 11) is -9.93. The van der Waals surface area contributed by atoms with E-state index in [1.807, 2.05) is 0 Å². The van der Waals surface area contributed by atoms with Crippen molar-refractivity contribution in [3.63, 3.8) is 0 Å². The van der Waals surface area contributed by atoms with Crippen LogP contribution in [0.4, 0.5) is 0 Å². The van der Waals surface area contributed by atoms with Crippen LogP contribution in [0.1, 0.15) is 484 Å². The Morgan fingerprint density at radius 1 is 0.250 bits per heavy atom. The van der Waals surface area contributed by atoms with Crippen molar-refractivity contribution in [1.82, 2.24) is 0 Å². The SMILES string of the molecule is CCCCCCCCCCCCCCCCCCCCCCCC(=O)O[C@H](COC(=O)CCCCCCCCCCCCCCCCCC(C)C)COP(=O)(O)OC[C@@H](O)COP(=O)(O)OC[C@@H](COC(=O)CCCCCCCCCCCCCCC)OC(=O)CCCCCCCCCCCCCCCCCC. The molecule has 0 fully saturated rings. The summed E-state index contributed by atoms with van der Waals surface area (Å²) < 4.78 is 69.0. The van der Waals surface area contributed by atoms with E-state index in [1.54, 1.807) is 0 Å². The maximum Gasteiger partial charge on any atom is 0.472 e. The van der Waals surface area contributed by atoms with E-state index in [2.05, 4.69) is 34.6 Å². The summed E-state index contributed by atoms with van der Waals surface area (Å²) in [5.74, 6) is -1.29. The second kappa shape index (κ2) is 81.6. The quantitative estimate of drug-likeness (QED) is 0.0222. The molecule has 0 spiro atoms. The van der Waals surface area contributed by atoms with Crippen LogP contribution in [0, 0.1) is 5.92 Å². The molecule has 5 atom stereocenters. The number of hydrogen-bond donors (Lipinski definition) is 3. The van der Waals surface area contributed by atoms with Crippen LogP contribution in [-0.4, -0.2) is 96.7 Å². The highest BCUT2D eigenvalue weighted by Crippen LogP contribution is 2.45. The lowest BCUT2D eigenvalue weighted by molar-refractivity contribution is -0.161. The highest BCUT2D eigenvalue weighted by Gasteiger charge is 2.30. The van der Waals surface area contributed by atoms with Crippen molar-refractivity contribution < 1.29 is 80.2 Å². The summed E-state index contributed by atoms with van der Waals surface area (Å²) in [6, 6.07) is 0. The summed E-state index contributed by atoms with van der Waals surface area (Å²) >= 11 is 0. The van der Waals surface area contributed by atoms with Crippen molar-refractivity contribution in [3.05, 3.63) is 0 Å². The molecule has 0 heterocycles. The Morgan fingerprint density at radius 3 is 0.630 bits per heavy atom. The Morgan fingerprint density at radius 2 is 0.426 bits per heavy atom. The van der Waals surface area contributed by atoms with Gasteiger partial charge in [0.2, 0.25) is 0 Å². The molecule has 642 valence electrons. The van der Waals surface area contributed by atoms with Crippen molar-refractivity contribution in [1.29, 1.82) is 0 Å². The van der Waals surface area contributed by atoms with E-state index in [0.29, 0.717) is 25.7 Å². The number of esters is 4. The number of unbranched alkanes of at least 4 members (excludes halogenated alkanes) is 61. The Hall–Kier alpha value is -1.94. The lowest BCUT2D eigenvalue weighted by atomic mass is 10.0. The van der Waals surface area contributed by atoms with Gasteiger partial charge in [-0.05, 0) is 31.6 Å². The van der Waals surface area contributed by atoms with Gasteiger partial charge in [0.15, 0.2) is 12.2 Å². The molecule has 0 aliphatic rings. The van der Waals surface area contributed by atoms with Gasteiger partial charge in [-0.3, -0.25) is 37.3 Å². The molecule has 0 bridgehead atoms. The van der Waals surface area contributed by atoms with Crippen molar-refractivity contribution in [2.45, 2.75) is 502 Å². The summed E-state index contributed by atoms with van der Waals surface area (Å²) in [6.07, 6.45) is 76.3. The van der Waals surface area contributed by atoms with Crippen molar-refractivity contribution in [2.75, 3.05) is 39.6 Å². The summed E-state index contributed by atoms with van der Waals surface area (Å²) in [5.41, 5.74) is 0. The first-order chi connectivity index (χ1) is 52.5. The predicted octanol–water partition coefficient (Wildman–Crippen LogP) is 27.5. The predicted molar refractivity (Wildman–Crippen MR) is 446 cm³/mol. The lowest BCUT2D eigenvalue weighted by Crippen LogP contribution is -2.30. The first-order valence-corrected chi connectivity index (χ1v) is 49.1.